The second-order valence-corrected chi connectivity index (χ2v) is 6.69. The molecule has 0 unspecified atom stereocenters. The lowest BCUT2D eigenvalue weighted by Crippen LogP contribution is -2.37. The van der Waals surface area contributed by atoms with Crippen molar-refractivity contribution in [1.29, 1.82) is 0 Å². The van der Waals surface area contributed by atoms with E-state index in [2.05, 4.69) is 15.8 Å². The molecular formula is C20H23ClN4O3. The number of amides is 2. The van der Waals surface area contributed by atoms with Gasteiger partial charge in [0.05, 0.1) is 12.8 Å². The molecule has 0 fully saturated rings. The van der Waals surface area contributed by atoms with Crippen molar-refractivity contribution >= 4 is 35.3 Å². The Balaban J connectivity index is 1.70. The fraction of sp³-hybridized carbons (Fsp3) is 0.250. The molecule has 0 saturated heterocycles. The molecule has 2 aromatic carbocycles. The topological polar surface area (TPSA) is 83.0 Å². The first-order valence-electron chi connectivity index (χ1n) is 8.60. The molecule has 0 aromatic heterocycles. The predicted octanol–water partition coefficient (Wildman–Crippen LogP) is 2.36. The minimum Gasteiger partial charge on any atom is -0.484 e. The van der Waals surface area contributed by atoms with Crippen molar-refractivity contribution < 1.29 is 14.3 Å². The van der Waals surface area contributed by atoms with Crippen LogP contribution in [0, 0.1) is 6.92 Å². The van der Waals surface area contributed by atoms with E-state index >= 15 is 0 Å². The third-order valence-corrected chi connectivity index (χ3v) is 3.99. The van der Waals surface area contributed by atoms with Crippen molar-refractivity contribution in [3.8, 4) is 5.75 Å². The number of nitrogens with zero attached hydrogens (tertiary/aromatic N) is 2. The average Bonchev–Trinajstić information content (AvgIpc) is 2.66. The van der Waals surface area contributed by atoms with E-state index in [1.807, 2.05) is 50.2 Å². The summed E-state index contributed by atoms with van der Waals surface area (Å²) < 4.78 is 5.42. The van der Waals surface area contributed by atoms with E-state index in [-0.39, 0.29) is 13.2 Å². The summed E-state index contributed by atoms with van der Waals surface area (Å²) in [4.78, 5) is 25.5. The van der Waals surface area contributed by atoms with Crippen LogP contribution in [0.25, 0.3) is 0 Å². The number of aryl methyl sites for hydroxylation is 1. The van der Waals surface area contributed by atoms with Crippen LogP contribution < -0.4 is 20.4 Å². The number of rotatable bonds is 8. The molecule has 148 valence electrons. The Labute approximate surface area is 169 Å². The summed E-state index contributed by atoms with van der Waals surface area (Å²) in [6, 6.07) is 12.8. The molecule has 0 atom stereocenters. The van der Waals surface area contributed by atoms with E-state index < -0.39 is 11.8 Å². The number of anilines is 1. The number of hydrogen-bond acceptors (Lipinski definition) is 5. The first-order chi connectivity index (χ1) is 13.3. The molecule has 0 aliphatic carbocycles. The molecule has 0 spiro atoms. The zero-order valence-electron chi connectivity index (χ0n) is 16.0. The standard InChI is InChI=1S/C20H23ClN4O3/c1-14-10-16(21)6-9-18(14)28-13-20(27)22-12-19(26)24-23-11-15-4-7-17(8-5-15)25(2)3/h4-11H,12-13H2,1-3H3,(H,22,27)(H,24,26). The number of hydrazone groups is 1. The zero-order chi connectivity index (χ0) is 20.5. The molecular weight excluding hydrogens is 380 g/mol. The number of ether oxygens (including phenoxy) is 1. The summed E-state index contributed by atoms with van der Waals surface area (Å²) in [6.07, 6.45) is 1.53. The first-order valence-corrected chi connectivity index (χ1v) is 8.98. The van der Waals surface area contributed by atoms with E-state index in [9.17, 15) is 9.59 Å². The van der Waals surface area contributed by atoms with Gasteiger partial charge in [-0.15, -0.1) is 0 Å². The van der Waals surface area contributed by atoms with Crippen LogP contribution in [0.1, 0.15) is 11.1 Å². The van der Waals surface area contributed by atoms with E-state index in [1.165, 1.54) is 6.21 Å². The molecule has 7 nitrogen and oxygen atoms in total. The Morgan fingerprint density at radius 1 is 1.14 bits per heavy atom. The number of halogens is 1. The number of carbonyl (C=O) groups excluding carboxylic acids is 2. The third kappa shape index (κ3) is 6.92. The summed E-state index contributed by atoms with van der Waals surface area (Å²) in [7, 11) is 3.92. The molecule has 0 bridgehead atoms. The maximum Gasteiger partial charge on any atom is 0.259 e. The molecule has 0 aliphatic rings. The van der Waals surface area contributed by atoms with Gasteiger partial charge >= 0.3 is 0 Å². The highest BCUT2D eigenvalue weighted by Gasteiger charge is 2.07. The molecule has 0 heterocycles. The van der Waals surface area contributed by atoms with E-state index in [1.54, 1.807) is 18.2 Å². The molecule has 0 aliphatic heterocycles. The Hall–Kier alpha value is -3.06. The van der Waals surface area contributed by atoms with Crippen molar-refractivity contribution in [2.75, 3.05) is 32.1 Å². The van der Waals surface area contributed by atoms with Gasteiger partial charge in [0.15, 0.2) is 6.61 Å². The molecule has 2 aromatic rings. The average molecular weight is 403 g/mol. The molecule has 2 rings (SSSR count). The van der Waals surface area contributed by atoms with Gasteiger partial charge in [-0.2, -0.15) is 5.10 Å². The van der Waals surface area contributed by atoms with E-state index in [0.29, 0.717) is 10.8 Å². The lowest BCUT2D eigenvalue weighted by molar-refractivity contribution is -0.127. The van der Waals surface area contributed by atoms with E-state index in [0.717, 1.165) is 16.8 Å². The fourth-order valence-electron chi connectivity index (χ4n) is 2.22. The quantitative estimate of drug-likeness (QED) is 0.524. The maximum atomic E-state index is 11.8. The van der Waals surface area contributed by atoms with Crippen LogP contribution in [0.15, 0.2) is 47.6 Å². The number of hydrogen-bond donors (Lipinski definition) is 2. The molecule has 0 radical (unpaired) electrons. The summed E-state index contributed by atoms with van der Waals surface area (Å²) in [5.41, 5.74) is 5.11. The summed E-state index contributed by atoms with van der Waals surface area (Å²) in [5, 5.41) is 6.94. The summed E-state index contributed by atoms with van der Waals surface area (Å²) in [6.45, 7) is 1.44. The van der Waals surface area contributed by atoms with Gasteiger partial charge < -0.3 is 15.0 Å². The third-order valence-electron chi connectivity index (χ3n) is 3.75. The van der Waals surface area contributed by atoms with Crippen molar-refractivity contribution in [3.05, 3.63) is 58.6 Å². The predicted molar refractivity (Wildman–Crippen MR) is 111 cm³/mol. The lowest BCUT2D eigenvalue weighted by atomic mass is 10.2. The number of carbonyl (C=O) groups is 2. The SMILES string of the molecule is Cc1cc(Cl)ccc1OCC(=O)NCC(=O)NN=Cc1ccc(N(C)C)cc1. The van der Waals surface area contributed by atoms with Crippen LogP contribution in [0.3, 0.4) is 0 Å². The fourth-order valence-corrected chi connectivity index (χ4v) is 2.45. The smallest absolute Gasteiger partial charge is 0.259 e. The Bertz CT molecular complexity index is 851. The summed E-state index contributed by atoms with van der Waals surface area (Å²) >= 11 is 5.87. The summed E-state index contributed by atoms with van der Waals surface area (Å²) in [5.74, 6) is -0.279. The van der Waals surface area contributed by atoms with Crippen LogP contribution in [-0.4, -0.2) is 45.3 Å². The lowest BCUT2D eigenvalue weighted by Gasteiger charge is -2.11. The van der Waals surface area contributed by atoms with Gasteiger partial charge in [-0.25, -0.2) is 5.43 Å². The van der Waals surface area contributed by atoms with Gasteiger partial charge in [0, 0.05) is 24.8 Å². The molecule has 2 N–H and O–H groups in total. The molecule has 2 amide bonds. The Morgan fingerprint density at radius 2 is 1.86 bits per heavy atom. The molecule has 28 heavy (non-hydrogen) atoms. The van der Waals surface area contributed by atoms with Crippen LogP contribution in [0.5, 0.6) is 5.75 Å². The van der Waals surface area contributed by atoms with Crippen LogP contribution in [-0.2, 0) is 9.59 Å². The monoisotopic (exact) mass is 402 g/mol. The minimum absolute atomic E-state index is 0.196. The Morgan fingerprint density at radius 3 is 2.50 bits per heavy atom. The van der Waals surface area contributed by atoms with Crippen LogP contribution in [0.2, 0.25) is 5.02 Å². The van der Waals surface area contributed by atoms with Crippen molar-refractivity contribution in [2.45, 2.75) is 6.92 Å². The highest BCUT2D eigenvalue weighted by Crippen LogP contribution is 2.21. The van der Waals surface area contributed by atoms with Gasteiger partial charge in [-0.05, 0) is 48.4 Å². The largest absolute Gasteiger partial charge is 0.484 e. The Kier molecular flexibility index (Phi) is 7.83. The second-order valence-electron chi connectivity index (χ2n) is 6.25. The zero-order valence-corrected chi connectivity index (χ0v) is 16.8. The van der Waals surface area contributed by atoms with Crippen molar-refractivity contribution in [2.24, 2.45) is 5.10 Å². The van der Waals surface area contributed by atoms with Gasteiger partial charge in [-0.1, -0.05) is 23.7 Å². The van der Waals surface area contributed by atoms with Crippen LogP contribution in [0.4, 0.5) is 5.69 Å². The van der Waals surface area contributed by atoms with Gasteiger partial charge in [-0.3, -0.25) is 9.59 Å². The van der Waals surface area contributed by atoms with Gasteiger partial charge in [0.25, 0.3) is 11.8 Å². The van der Waals surface area contributed by atoms with Crippen molar-refractivity contribution in [1.82, 2.24) is 10.7 Å². The van der Waals surface area contributed by atoms with E-state index in [4.69, 9.17) is 16.3 Å². The minimum atomic E-state index is -0.433. The van der Waals surface area contributed by atoms with Crippen LogP contribution >= 0.6 is 11.6 Å². The van der Waals surface area contributed by atoms with Gasteiger partial charge in [0.1, 0.15) is 5.75 Å². The normalized spacial score (nSPS) is 10.6. The molecule has 8 heteroatoms. The highest BCUT2D eigenvalue weighted by atomic mass is 35.5. The van der Waals surface area contributed by atoms with Gasteiger partial charge in [0.2, 0.25) is 0 Å². The molecule has 0 saturated carbocycles. The second kappa shape index (κ2) is 10.3. The highest BCUT2D eigenvalue weighted by molar-refractivity contribution is 6.30. The number of nitrogens with one attached hydrogen (secondary N) is 2. The first kappa shape index (κ1) is 21.2. The van der Waals surface area contributed by atoms with Crippen molar-refractivity contribution in [3.63, 3.8) is 0 Å². The maximum absolute atomic E-state index is 11.8. The number of benzene rings is 2.